The summed E-state index contributed by atoms with van der Waals surface area (Å²) in [5.74, 6) is 0.165. The van der Waals surface area contributed by atoms with Crippen LogP contribution in [0.1, 0.15) is 18.1 Å². The van der Waals surface area contributed by atoms with Gasteiger partial charge >= 0.3 is 0 Å². The highest BCUT2D eigenvalue weighted by atomic mass is 35.5. The van der Waals surface area contributed by atoms with Gasteiger partial charge in [0.15, 0.2) is 0 Å². The molecule has 1 atom stereocenters. The molecule has 26 heavy (non-hydrogen) atoms. The molecule has 3 aromatic rings. The third-order valence-electron chi connectivity index (χ3n) is 4.92. The fourth-order valence-electron chi connectivity index (χ4n) is 3.50. The quantitative estimate of drug-likeness (QED) is 0.688. The van der Waals surface area contributed by atoms with Crippen LogP contribution in [0.4, 0.5) is 0 Å². The Morgan fingerprint density at radius 2 is 1.96 bits per heavy atom. The van der Waals surface area contributed by atoms with Gasteiger partial charge in [-0.1, -0.05) is 48.0 Å². The van der Waals surface area contributed by atoms with Gasteiger partial charge in [0.2, 0.25) is 5.91 Å². The van der Waals surface area contributed by atoms with Gasteiger partial charge in [-0.05, 0) is 23.8 Å². The number of ether oxygens (including phenoxy) is 1. The number of hydrogen-bond donors (Lipinski definition) is 0. The first-order chi connectivity index (χ1) is 12.7. The van der Waals surface area contributed by atoms with Crippen LogP contribution in [0.25, 0.3) is 10.9 Å². The average Bonchev–Trinajstić information content (AvgIpc) is 3.11. The van der Waals surface area contributed by atoms with Gasteiger partial charge in [-0.3, -0.25) is 4.79 Å². The van der Waals surface area contributed by atoms with Crippen molar-refractivity contribution >= 4 is 28.4 Å². The van der Waals surface area contributed by atoms with E-state index in [1.165, 1.54) is 0 Å². The summed E-state index contributed by atoms with van der Waals surface area (Å²) in [6, 6.07) is 18.0. The molecule has 0 saturated carbocycles. The number of carbonyl (C=O) groups excluding carboxylic acids is 1. The molecule has 4 nitrogen and oxygen atoms in total. The van der Waals surface area contributed by atoms with Gasteiger partial charge in [-0.15, -0.1) is 0 Å². The smallest absolute Gasteiger partial charge is 0.224 e. The van der Waals surface area contributed by atoms with Crippen molar-refractivity contribution in [2.75, 3.05) is 19.7 Å². The second-order valence-electron chi connectivity index (χ2n) is 6.54. The van der Waals surface area contributed by atoms with Crippen molar-refractivity contribution in [3.05, 3.63) is 71.4 Å². The standard InChI is InChI=1S/C21H21ClN2O2/c22-18-7-4-8-19-17(18)9-11-23(19)12-10-21(25)24-13-14-26-20(15-24)16-5-2-1-3-6-16/h1-9,11,20H,10,12-15H2/t20-/m1/s1. The molecule has 0 radical (unpaired) electrons. The number of aryl methyl sites for hydroxylation is 1. The number of hydrogen-bond acceptors (Lipinski definition) is 2. The topological polar surface area (TPSA) is 34.5 Å². The molecule has 5 heteroatoms. The van der Waals surface area contributed by atoms with Crippen LogP contribution < -0.4 is 0 Å². The molecule has 0 aliphatic carbocycles. The minimum Gasteiger partial charge on any atom is -0.370 e. The molecule has 0 N–H and O–H groups in total. The number of amides is 1. The monoisotopic (exact) mass is 368 g/mol. The summed E-state index contributed by atoms with van der Waals surface area (Å²) in [5, 5.41) is 1.77. The molecule has 1 fully saturated rings. The van der Waals surface area contributed by atoms with E-state index >= 15 is 0 Å². The molecule has 1 amide bonds. The normalized spacial score (nSPS) is 17.6. The molecule has 0 unspecified atom stereocenters. The highest BCUT2D eigenvalue weighted by Gasteiger charge is 2.25. The van der Waals surface area contributed by atoms with Crippen molar-refractivity contribution in [3.8, 4) is 0 Å². The summed E-state index contributed by atoms with van der Waals surface area (Å²) in [6.45, 7) is 2.49. The number of nitrogens with zero attached hydrogens (tertiary/aromatic N) is 2. The Balaban J connectivity index is 1.40. The number of morpholine rings is 1. The van der Waals surface area contributed by atoms with Gasteiger partial charge in [0.1, 0.15) is 6.10 Å². The Morgan fingerprint density at radius 1 is 1.12 bits per heavy atom. The number of fused-ring (bicyclic) bond motifs is 1. The molecule has 134 valence electrons. The minimum absolute atomic E-state index is 0.0416. The lowest BCUT2D eigenvalue weighted by molar-refractivity contribution is -0.139. The van der Waals surface area contributed by atoms with Crippen molar-refractivity contribution in [1.29, 1.82) is 0 Å². The molecular formula is C21H21ClN2O2. The average molecular weight is 369 g/mol. The molecule has 1 aliphatic heterocycles. The summed E-state index contributed by atoms with van der Waals surface area (Å²) in [7, 11) is 0. The van der Waals surface area contributed by atoms with E-state index < -0.39 is 0 Å². The zero-order chi connectivity index (χ0) is 17.9. The van der Waals surface area contributed by atoms with Crippen LogP contribution in [0, 0.1) is 0 Å². The number of rotatable bonds is 4. The van der Waals surface area contributed by atoms with E-state index in [1.807, 2.05) is 65.7 Å². The van der Waals surface area contributed by atoms with Gasteiger partial charge < -0.3 is 14.2 Å². The minimum atomic E-state index is -0.0416. The molecule has 1 aliphatic rings. The van der Waals surface area contributed by atoms with Crippen molar-refractivity contribution in [1.82, 2.24) is 9.47 Å². The number of aromatic nitrogens is 1. The number of benzene rings is 2. The maximum atomic E-state index is 12.7. The Morgan fingerprint density at radius 3 is 2.81 bits per heavy atom. The SMILES string of the molecule is O=C(CCn1ccc2c(Cl)cccc21)N1CCO[C@@H](c2ccccc2)C1. The first-order valence-electron chi connectivity index (χ1n) is 8.90. The Bertz CT molecular complexity index is 907. The Hall–Kier alpha value is -2.30. The second-order valence-corrected chi connectivity index (χ2v) is 6.95. The summed E-state index contributed by atoms with van der Waals surface area (Å²) < 4.78 is 7.94. The first kappa shape index (κ1) is 17.1. The van der Waals surface area contributed by atoms with Crippen LogP contribution in [-0.4, -0.2) is 35.1 Å². The van der Waals surface area contributed by atoms with E-state index in [1.54, 1.807) is 0 Å². The molecule has 2 heterocycles. The zero-order valence-electron chi connectivity index (χ0n) is 14.5. The van der Waals surface area contributed by atoms with E-state index in [9.17, 15) is 4.79 Å². The van der Waals surface area contributed by atoms with Crippen LogP contribution in [0.3, 0.4) is 0 Å². The van der Waals surface area contributed by atoms with E-state index in [0.717, 1.165) is 21.5 Å². The Labute approximate surface area is 157 Å². The molecule has 4 rings (SSSR count). The fourth-order valence-corrected chi connectivity index (χ4v) is 3.73. The summed E-state index contributed by atoms with van der Waals surface area (Å²) >= 11 is 6.23. The zero-order valence-corrected chi connectivity index (χ0v) is 15.2. The van der Waals surface area contributed by atoms with Crippen LogP contribution in [0.15, 0.2) is 60.8 Å². The summed E-state index contributed by atoms with van der Waals surface area (Å²) in [4.78, 5) is 14.6. The lowest BCUT2D eigenvalue weighted by atomic mass is 10.1. The highest BCUT2D eigenvalue weighted by Crippen LogP contribution is 2.25. The van der Waals surface area contributed by atoms with Crippen LogP contribution in [-0.2, 0) is 16.1 Å². The Kier molecular flexibility index (Phi) is 4.96. The predicted molar refractivity (Wildman–Crippen MR) is 103 cm³/mol. The van der Waals surface area contributed by atoms with E-state index in [2.05, 4.69) is 4.57 Å². The molecule has 1 aromatic heterocycles. The van der Waals surface area contributed by atoms with E-state index in [0.29, 0.717) is 32.7 Å². The van der Waals surface area contributed by atoms with E-state index in [4.69, 9.17) is 16.3 Å². The van der Waals surface area contributed by atoms with Crippen LogP contribution in [0.2, 0.25) is 5.02 Å². The van der Waals surface area contributed by atoms with Crippen molar-refractivity contribution < 1.29 is 9.53 Å². The fraction of sp³-hybridized carbons (Fsp3) is 0.286. The lowest BCUT2D eigenvalue weighted by Gasteiger charge is -2.33. The van der Waals surface area contributed by atoms with Gasteiger partial charge in [0, 0.05) is 41.6 Å². The predicted octanol–water partition coefficient (Wildman–Crippen LogP) is 4.28. The molecule has 2 aromatic carbocycles. The van der Waals surface area contributed by atoms with Crippen molar-refractivity contribution in [2.45, 2.75) is 19.1 Å². The van der Waals surface area contributed by atoms with Gasteiger partial charge in [0.05, 0.1) is 13.2 Å². The van der Waals surface area contributed by atoms with E-state index in [-0.39, 0.29) is 12.0 Å². The molecule has 0 bridgehead atoms. The highest BCUT2D eigenvalue weighted by molar-refractivity contribution is 6.35. The maximum Gasteiger partial charge on any atom is 0.224 e. The summed E-state index contributed by atoms with van der Waals surface area (Å²) in [5.41, 5.74) is 2.19. The van der Waals surface area contributed by atoms with Gasteiger partial charge in [0.25, 0.3) is 0 Å². The maximum absolute atomic E-state index is 12.7. The largest absolute Gasteiger partial charge is 0.370 e. The molecular weight excluding hydrogens is 348 g/mol. The third-order valence-corrected chi connectivity index (χ3v) is 5.25. The number of halogens is 1. The molecule has 1 saturated heterocycles. The molecule has 0 spiro atoms. The number of carbonyl (C=O) groups is 1. The van der Waals surface area contributed by atoms with Gasteiger partial charge in [-0.25, -0.2) is 0 Å². The van der Waals surface area contributed by atoms with Crippen LogP contribution in [0.5, 0.6) is 0 Å². The third kappa shape index (κ3) is 3.48. The second kappa shape index (κ2) is 7.52. The first-order valence-corrected chi connectivity index (χ1v) is 9.28. The lowest BCUT2D eigenvalue weighted by Crippen LogP contribution is -2.42. The summed E-state index contributed by atoms with van der Waals surface area (Å²) in [6.07, 6.45) is 2.42. The van der Waals surface area contributed by atoms with Crippen molar-refractivity contribution in [3.63, 3.8) is 0 Å². The van der Waals surface area contributed by atoms with Crippen LogP contribution >= 0.6 is 11.6 Å². The van der Waals surface area contributed by atoms with Gasteiger partial charge in [-0.2, -0.15) is 0 Å². The van der Waals surface area contributed by atoms with Crippen molar-refractivity contribution in [2.24, 2.45) is 0 Å².